The molecule has 1 atom stereocenters. The molecule has 0 aromatic heterocycles. The van der Waals surface area contributed by atoms with Crippen LogP contribution in [0, 0.1) is 11.3 Å². The van der Waals surface area contributed by atoms with Crippen molar-refractivity contribution in [2.75, 3.05) is 0 Å². The van der Waals surface area contributed by atoms with Gasteiger partial charge in [-0.15, -0.1) is 0 Å². The van der Waals surface area contributed by atoms with Crippen LogP contribution < -0.4 is 0 Å². The van der Waals surface area contributed by atoms with Crippen molar-refractivity contribution in [3.05, 3.63) is 35.4 Å². The van der Waals surface area contributed by atoms with Gasteiger partial charge in [-0.1, -0.05) is 31.2 Å². The van der Waals surface area contributed by atoms with E-state index in [1.165, 1.54) is 5.56 Å². The minimum Gasteiger partial charge on any atom is -0.399 e. The first-order valence-corrected chi connectivity index (χ1v) is 9.03. The molecule has 0 aliphatic rings. The van der Waals surface area contributed by atoms with Crippen molar-refractivity contribution >= 4 is 8.32 Å². The maximum atomic E-state index is 9.12. The van der Waals surface area contributed by atoms with Gasteiger partial charge in [0.25, 0.3) is 0 Å². The Morgan fingerprint density at radius 3 is 2.19 bits per heavy atom. The Kier molecular flexibility index (Phi) is 4.28. The molecule has 0 radical (unpaired) electrons. The Labute approximate surface area is 99.0 Å². The number of benzene rings is 1. The van der Waals surface area contributed by atoms with Crippen molar-refractivity contribution in [2.45, 2.75) is 39.1 Å². The predicted octanol–water partition coefficient (Wildman–Crippen LogP) is 3.67. The highest BCUT2D eigenvalue weighted by Crippen LogP contribution is 2.22. The third-order valence-corrected chi connectivity index (χ3v) is 3.22. The van der Waals surface area contributed by atoms with Gasteiger partial charge in [0.2, 0.25) is 0 Å². The van der Waals surface area contributed by atoms with Crippen LogP contribution in [0.5, 0.6) is 0 Å². The molecule has 0 bridgehead atoms. The van der Waals surface area contributed by atoms with Crippen LogP contribution in [0.3, 0.4) is 0 Å². The molecule has 3 heteroatoms. The summed E-state index contributed by atoms with van der Waals surface area (Å²) in [5, 5.41) is 9.12. The molecular weight excluding hydrogens is 214 g/mol. The van der Waals surface area contributed by atoms with Gasteiger partial charge in [-0.2, -0.15) is 5.26 Å². The van der Waals surface area contributed by atoms with Gasteiger partial charge in [0.05, 0.1) is 6.07 Å². The van der Waals surface area contributed by atoms with Crippen molar-refractivity contribution in [3.63, 3.8) is 0 Å². The van der Waals surface area contributed by atoms with E-state index in [4.69, 9.17) is 9.69 Å². The van der Waals surface area contributed by atoms with Gasteiger partial charge in [0, 0.05) is 0 Å². The van der Waals surface area contributed by atoms with Crippen LogP contribution in [-0.2, 0) is 10.8 Å². The van der Waals surface area contributed by atoms with Crippen molar-refractivity contribution in [1.29, 1.82) is 5.26 Å². The van der Waals surface area contributed by atoms with E-state index < -0.39 is 14.4 Å². The molecule has 1 rings (SSSR count). The van der Waals surface area contributed by atoms with Crippen molar-refractivity contribution in [3.8, 4) is 6.07 Å². The van der Waals surface area contributed by atoms with E-state index >= 15 is 0 Å². The Hall–Kier alpha value is -1.11. The summed E-state index contributed by atoms with van der Waals surface area (Å²) in [6.07, 6.45) is 0.601. The Morgan fingerprint density at radius 1 is 1.25 bits per heavy atom. The number of nitrogens with zero attached hydrogens (tertiary/aromatic N) is 1. The van der Waals surface area contributed by atoms with Gasteiger partial charge >= 0.3 is 0 Å². The predicted molar refractivity (Wildman–Crippen MR) is 68.6 cm³/mol. The van der Waals surface area contributed by atoms with Gasteiger partial charge in [0.1, 0.15) is 0 Å². The number of hydrogen-bond acceptors (Lipinski definition) is 2. The van der Waals surface area contributed by atoms with Crippen LogP contribution in [-0.4, -0.2) is 8.32 Å². The third-order valence-electron chi connectivity index (χ3n) is 2.28. The molecule has 0 amide bonds. The lowest BCUT2D eigenvalue weighted by molar-refractivity contribution is 0.255. The van der Waals surface area contributed by atoms with E-state index in [-0.39, 0.29) is 0 Å². The van der Waals surface area contributed by atoms with Crippen LogP contribution in [0.15, 0.2) is 24.3 Å². The summed E-state index contributed by atoms with van der Waals surface area (Å²) in [6.45, 7) is 8.41. The fourth-order valence-electron chi connectivity index (χ4n) is 1.45. The molecule has 0 aliphatic carbocycles. The number of rotatable bonds is 4. The Bertz CT molecular complexity index is 372. The first-order valence-electron chi connectivity index (χ1n) is 5.62. The van der Waals surface area contributed by atoms with Gasteiger partial charge in [-0.3, -0.25) is 0 Å². The Morgan fingerprint density at radius 2 is 1.81 bits per heavy atom. The highest BCUT2D eigenvalue weighted by Gasteiger charge is 2.21. The van der Waals surface area contributed by atoms with Crippen LogP contribution >= 0.6 is 0 Å². The second-order valence-electron chi connectivity index (χ2n) is 4.83. The van der Waals surface area contributed by atoms with E-state index in [2.05, 4.69) is 44.8 Å². The highest BCUT2D eigenvalue weighted by molar-refractivity contribution is 6.69. The average Bonchev–Trinajstić information content (AvgIpc) is 2.25. The van der Waals surface area contributed by atoms with E-state index in [0.717, 1.165) is 12.0 Å². The molecule has 1 aromatic rings. The molecule has 0 aliphatic heterocycles. The monoisotopic (exact) mass is 233 g/mol. The molecule has 0 fully saturated rings. The lowest BCUT2D eigenvalue weighted by Crippen LogP contribution is -2.27. The minimum absolute atomic E-state index is 0.419. The molecule has 0 spiro atoms. The quantitative estimate of drug-likeness (QED) is 0.743. The molecule has 0 saturated carbocycles. The zero-order valence-electron chi connectivity index (χ0n) is 10.4. The third kappa shape index (κ3) is 3.80. The lowest BCUT2D eigenvalue weighted by atomic mass is 10.1. The van der Waals surface area contributed by atoms with Crippen LogP contribution in [0.4, 0.5) is 0 Å². The summed E-state index contributed by atoms with van der Waals surface area (Å²) in [6, 6.07) is 10.3. The molecule has 1 aromatic carbocycles. The van der Waals surface area contributed by atoms with Crippen molar-refractivity contribution in [2.24, 2.45) is 0 Å². The lowest BCUT2D eigenvalue weighted by Gasteiger charge is -2.21. The summed E-state index contributed by atoms with van der Waals surface area (Å²) in [4.78, 5) is 0. The normalized spacial score (nSPS) is 13.2. The molecule has 0 saturated heterocycles. The number of aryl methyl sites for hydroxylation is 1. The maximum absolute atomic E-state index is 9.12. The molecule has 86 valence electrons. The van der Waals surface area contributed by atoms with E-state index in [1.807, 2.05) is 12.1 Å². The zero-order chi connectivity index (χ0) is 12.2. The second kappa shape index (κ2) is 5.29. The summed E-state index contributed by atoms with van der Waals surface area (Å²) >= 11 is 0. The molecule has 2 nitrogen and oxygen atoms in total. The summed E-state index contributed by atoms with van der Waals surface area (Å²) < 4.78 is 5.82. The topological polar surface area (TPSA) is 33.0 Å². The van der Waals surface area contributed by atoms with Gasteiger partial charge in [-0.05, 0) is 37.2 Å². The standard InChI is InChI=1S/C13H19NOSi/c1-5-11-6-8-12(9-7-11)13(10-14)15-16(2,3)4/h6-9,13H,5H2,1-4H3/t13-/m1/s1. The van der Waals surface area contributed by atoms with Crippen molar-refractivity contribution in [1.82, 2.24) is 0 Å². The van der Waals surface area contributed by atoms with Gasteiger partial charge < -0.3 is 4.43 Å². The first kappa shape index (κ1) is 13.0. The number of nitriles is 1. The Balaban J connectivity index is 2.84. The number of hydrogen-bond donors (Lipinski definition) is 0. The highest BCUT2D eigenvalue weighted by atomic mass is 28.4. The van der Waals surface area contributed by atoms with E-state index in [0.29, 0.717) is 0 Å². The molecular formula is C13H19NOSi. The molecule has 16 heavy (non-hydrogen) atoms. The van der Waals surface area contributed by atoms with Crippen molar-refractivity contribution < 1.29 is 4.43 Å². The van der Waals surface area contributed by atoms with Gasteiger partial charge in [-0.25, -0.2) is 0 Å². The van der Waals surface area contributed by atoms with E-state index in [1.54, 1.807) is 0 Å². The van der Waals surface area contributed by atoms with E-state index in [9.17, 15) is 0 Å². The summed E-state index contributed by atoms with van der Waals surface area (Å²) in [5.41, 5.74) is 2.25. The summed E-state index contributed by atoms with van der Waals surface area (Å²) in [7, 11) is -1.67. The minimum atomic E-state index is -1.67. The SMILES string of the molecule is CCc1ccc([C@@H](C#N)O[Si](C)(C)C)cc1. The van der Waals surface area contributed by atoms with Crippen LogP contribution in [0.2, 0.25) is 19.6 Å². The summed E-state index contributed by atoms with van der Waals surface area (Å²) in [5.74, 6) is 0. The zero-order valence-corrected chi connectivity index (χ0v) is 11.4. The van der Waals surface area contributed by atoms with Crippen LogP contribution in [0.25, 0.3) is 0 Å². The molecule has 0 unspecified atom stereocenters. The second-order valence-corrected chi connectivity index (χ2v) is 9.29. The smallest absolute Gasteiger partial charge is 0.186 e. The molecule has 0 heterocycles. The van der Waals surface area contributed by atoms with Crippen LogP contribution in [0.1, 0.15) is 24.2 Å². The van der Waals surface area contributed by atoms with Gasteiger partial charge in [0.15, 0.2) is 14.4 Å². The average molecular weight is 233 g/mol. The fourth-order valence-corrected chi connectivity index (χ4v) is 2.35. The fraction of sp³-hybridized carbons (Fsp3) is 0.462. The largest absolute Gasteiger partial charge is 0.399 e. The maximum Gasteiger partial charge on any atom is 0.186 e. The first-order chi connectivity index (χ1) is 7.46. The molecule has 0 N–H and O–H groups in total.